The first-order chi connectivity index (χ1) is 7.34. The zero-order valence-corrected chi connectivity index (χ0v) is 12.6. The van der Waals surface area contributed by atoms with E-state index in [0.29, 0.717) is 6.42 Å². The van der Waals surface area contributed by atoms with E-state index in [1.807, 2.05) is 6.92 Å². The van der Waals surface area contributed by atoms with Gasteiger partial charge in [0, 0.05) is 21.3 Å². The Morgan fingerprint density at radius 2 is 1.62 bits per heavy atom. The van der Waals surface area contributed by atoms with Gasteiger partial charge in [0.25, 0.3) is 5.97 Å². The van der Waals surface area contributed by atoms with E-state index in [2.05, 4.69) is 25.3 Å². The van der Waals surface area contributed by atoms with E-state index in [-0.39, 0.29) is 6.42 Å². The van der Waals surface area contributed by atoms with Gasteiger partial charge in [-0.3, -0.25) is 4.79 Å². The van der Waals surface area contributed by atoms with E-state index in [9.17, 15) is 4.79 Å². The molecule has 0 aromatic heterocycles. The SMILES string of the molecule is CCC(S)(S)CC(=O)O[Si](OC)(OC)OC. The molecular weight excluding hydrogens is 268 g/mol. The van der Waals surface area contributed by atoms with E-state index < -0.39 is 19.1 Å². The predicted octanol–water partition coefficient (Wildman–Crippen LogP) is 1.26. The molecule has 0 fully saturated rings. The van der Waals surface area contributed by atoms with Gasteiger partial charge in [-0.05, 0) is 6.42 Å². The van der Waals surface area contributed by atoms with Crippen molar-refractivity contribution >= 4 is 40.3 Å². The summed E-state index contributed by atoms with van der Waals surface area (Å²) in [4.78, 5) is 11.6. The van der Waals surface area contributed by atoms with Gasteiger partial charge in [0.15, 0.2) is 0 Å². The van der Waals surface area contributed by atoms with Crippen LogP contribution < -0.4 is 0 Å². The van der Waals surface area contributed by atoms with Crippen LogP contribution in [-0.2, 0) is 22.5 Å². The lowest BCUT2D eigenvalue weighted by Crippen LogP contribution is -2.48. The molecule has 0 aliphatic rings. The second kappa shape index (κ2) is 6.87. The molecule has 0 unspecified atom stereocenters. The Balaban J connectivity index is 4.42. The van der Waals surface area contributed by atoms with Crippen LogP contribution in [0.5, 0.6) is 0 Å². The van der Waals surface area contributed by atoms with Gasteiger partial charge in [-0.1, -0.05) is 6.92 Å². The number of rotatable bonds is 7. The van der Waals surface area contributed by atoms with Crippen molar-refractivity contribution in [2.24, 2.45) is 0 Å². The Morgan fingerprint density at radius 3 is 1.94 bits per heavy atom. The first-order valence-corrected chi connectivity index (χ1v) is 7.19. The third-order valence-electron chi connectivity index (χ3n) is 1.98. The monoisotopic (exact) mass is 286 g/mol. The molecule has 16 heavy (non-hydrogen) atoms. The van der Waals surface area contributed by atoms with Crippen LogP contribution in [0.2, 0.25) is 0 Å². The fourth-order valence-corrected chi connectivity index (χ4v) is 2.27. The van der Waals surface area contributed by atoms with Crippen molar-refractivity contribution in [1.82, 2.24) is 0 Å². The number of hydrogen-bond donors (Lipinski definition) is 2. The van der Waals surface area contributed by atoms with Gasteiger partial charge in [-0.2, -0.15) is 25.3 Å². The third-order valence-corrected chi connectivity index (χ3v) is 4.91. The fraction of sp³-hybridized carbons (Fsp3) is 0.875. The van der Waals surface area contributed by atoms with Crippen molar-refractivity contribution in [2.75, 3.05) is 21.3 Å². The molecule has 8 heteroatoms. The van der Waals surface area contributed by atoms with Crippen LogP contribution in [0.15, 0.2) is 0 Å². The van der Waals surface area contributed by atoms with E-state index in [1.165, 1.54) is 21.3 Å². The number of hydrogen-bond acceptors (Lipinski definition) is 7. The summed E-state index contributed by atoms with van der Waals surface area (Å²) in [6, 6.07) is 0. The molecule has 0 radical (unpaired) electrons. The Labute approximate surface area is 108 Å². The highest BCUT2D eigenvalue weighted by Crippen LogP contribution is 2.28. The molecule has 0 spiro atoms. The molecule has 0 saturated heterocycles. The summed E-state index contributed by atoms with van der Waals surface area (Å²) < 4.78 is 19.2. The Morgan fingerprint density at radius 1 is 1.19 bits per heavy atom. The molecule has 96 valence electrons. The minimum absolute atomic E-state index is 0.0422. The zero-order valence-electron chi connectivity index (χ0n) is 9.85. The quantitative estimate of drug-likeness (QED) is 0.419. The van der Waals surface area contributed by atoms with Crippen LogP contribution in [0.25, 0.3) is 0 Å². The van der Waals surface area contributed by atoms with Gasteiger partial charge in [-0.15, -0.1) is 0 Å². The first-order valence-electron chi connectivity index (χ1n) is 4.66. The molecule has 0 aliphatic carbocycles. The summed E-state index contributed by atoms with van der Waals surface area (Å²) in [5.74, 6) is -0.510. The first kappa shape index (κ1) is 16.3. The largest absolute Gasteiger partial charge is 0.750 e. The van der Waals surface area contributed by atoms with Crippen LogP contribution >= 0.6 is 25.3 Å². The van der Waals surface area contributed by atoms with Gasteiger partial charge in [0.05, 0.1) is 10.5 Å². The maximum atomic E-state index is 11.6. The molecular formula is C8H18O5S2Si. The van der Waals surface area contributed by atoms with Crippen molar-refractivity contribution < 1.29 is 22.5 Å². The van der Waals surface area contributed by atoms with Crippen molar-refractivity contribution in [3.05, 3.63) is 0 Å². The lowest BCUT2D eigenvalue weighted by atomic mass is 10.2. The highest BCUT2D eigenvalue weighted by atomic mass is 32.2. The van der Waals surface area contributed by atoms with E-state index in [0.717, 1.165) is 0 Å². The minimum atomic E-state index is -3.31. The molecule has 0 heterocycles. The van der Waals surface area contributed by atoms with Crippen LogP contribution in [0.4, 0.5) is 0 Å². The topological polar surface area (TPSA) is 54.0 Å². The van der Waals surface area contributed by atoms with Gasteiger partial charge in [0.1, 0.15) is 0 Å². The average molecular weight is 286 g/mol. The molecule has 0 aliphatic heterocycles. The molecule has 0 saturated carbocycles. The summed E-state index contributed by atoms with van der Waals surface area (Å²) in [5, 5.41) is 0. The predicted molar refractivity (Wildman–Crippen MR) is 68.5 cm³/mol. The van der Waals surface area contributed by atoms with E-state index in [4.69, 9.17) is 17.7 Å². The zero-order chi connectivity index (χ0) is 12.8. The smallest absolute Gasteiger partial charge is 0.452 e. The molecule has 0 bridgehead atoms. The fourth-order valence-electron chi connectivity index (χ4n) is 0.907. The summed E-state index contributed by atoms with van der Waals surface area (Å²) in [6.45, 7) is 1.88. The molecule has 5 nitrogen and oxygen atoms in total. The Kier molecular flexibility index (Phi) is 6.99. The standard InChI is InChI=1S/C8H18O5S2Si/c1-5-8(14,15)6-7(9)13-16(10-2,11-3)12-4/h14-15H,5-6H2,1-4H3. The normalized spacial score (nSPS) is 12.6. The van der Waals surface area contributed by atoms with Crippen molar-refractivity contribution in [2.45, 2.75) is 23.8 Å². The number of thiol groups is 2. The molecule has 0 N–H and O–H groups in total. The minimum Gasteiger partial charge on any atom is -0.452 e. The Hall–Kier alpha value is 0.267. The van der Waals surface area contributed by atoms with Gasteiger partial charge < -0.3 is 17.7 Å². The highest BCUT2D eigenvalue weighted by molar-refractivity contribution is 8.00. The molecule has 0 aromatic carbocycles. The van der Waals surface area contributed by atoms with Crippen molar-refractivity contribution in [3.63, 3.8) is 0 Å². The molecule has 0 atom stereocenters. The Bertz CT molecular complexity index is 224. The average Bonchev–Trinajstić information content (AvgIpc) is 2.25. The number of carbonyl (C=O) groups is 1. The molecule has 0 rings (SSSR count). The van der Waals surface area contributed by atoms with Crippen molar-refractivity contribution in [3.8, 4) is 0 Å². The van der Waals surface area contributed by atoms with Crippen LogP contribution in [-0.4, -0.2) is 40.4 Å². The third kappa shape index (κ3) is 5.06. The van der Waals surface area contributed by atoms with Gasteiger partial charge in [0.2, 0.25) is 0 Å². The second-order valence-corrected chi connectivity index (χ2v) is 7.59. The van der Waals surface area contributed by atoms with Crippen LogP contribution in [0.1, 0.15) is 19.8 Å². The maximum absolute atomic E-state index is 11.6. The van der Waals surface area contributed by atoms with E-state index >= 15 is 0 Å². The summed E-state index contributed by atoms with van der Waals surface area (Å²) in [6.07, 6.45) is 0.663. The lowest BCUT2D eigenvalue weighted by Gasteiger charge is -2.25. The van der Waals surface area contributed by atoms with Crippen LogP contribution in [0.3, 0.4) is 0 Å². The summed E-state index contributed by atoms with van der Waals surface area (Å²) in [5.41, 5.74) is 0. The molecule has 0 aromatic rings. The van der Waals surface area contributed by atoms with Crippen molar-refractivity contribution in [1.29, 1.82) is 0 Å². The number of carbonyl (C=O) groups excluding carboxylic acids is 1. The maximum Gasteiger partial charge on any atom is 0.750 e. The van der Waals surface area contributed by atoms with E-state index in [1.54, 1.807) is 0 Å². The van der Waals surface area contributed by atoms with Gasteiger partial charge >= 0.3 is 9.05 Å². The summed E-state index contributed by atoms with van der Waals surface area (Å²) in [7, 11) is 0.776. The highest BCUT2D eigenvalue weighted by Gasteiger charge is 2.47. The second-order valence-electron chi connectivity index (χ2n) is 3.10. The van der Waals surface area contributed by atoms with Gasteiger partial charge in [-0.25, -0.2) is 0 Å². The molecule has 0 amide bonds. The summed E-state index contributed by atoms with van der Waals surface area (Å²) >= 11 is 8.44. The van der Waals surface area contributed by atoms with Crippen LogP contribution in [0, 0.1) is 0 Å². The lowest BCUT2D eigenvalue weighted by molar-refractivity contribution is -0.143.